The maximum atomic E-state index is 11.8. The van der Waals surface area contributed by atoms with E-state index in [4.69, 9.17) is 0 Å². The predicted molar refractivity (Wildman–Crippen MR) is 42.4 cm³/mol. The molecule has 1 aliphatic heterocycles. The molecule has 0 aliphatic carbocycles. The molecule has 1 N–H and O–H groups in total. The van der Waals surface area contributed by atoms with Crippen molar-refractivity contribution in [1.82, 2.24) is 4.90 Å². The second kappa shape index (κ2) is 3.46. The molecule has 0 atom stereocenters. The first-order valence-electron chi connectivity index (χ1n) is 4.36. The monoisotopic (exact) mass is 197 g/mol. The van der Waals surface area contributed by atoms with Gasteiger partial charge in [0.05, 0.1) is 12.1 Å². The fraction of sp³-hybridized carbons (Fsp3) is 1.00. The van der Waals surface area contributed by atoms with Gasteiger partial charge >= 0.3 is 6.18 Å². The molecule has 1 rings (SSSR count). The van der Waals surface area contributed by atoms with Crippen molar-refractivity contribution < 1.29 is 18.3 Å². The summed E-state index contributed by atoms with van der Waals surface area (Å²) in [5.74, 6) is 0. The van der Waals surface area contributed by atoms with Crippen LogP contribution in [0.25, 0.3) is 0 Å². The van der Waals surface area contributed by atoms with Crippen LogP contribution in [-0.2, 0) is 0 Å². The molecule has 0 saturated carbocycles. The normalized spacial score (nSPS) is 22.8. The molecule has 0 radical (unpaired) electrons. The van der Waals surface area contributed by atoms with Crippen molar-refractivity contribution in [2.24, 2.45) is 0 Å². The summed E-state index contributed by atoms with van der Waals surface area (Å²) in [5.41, 5.74) is -0.861. The molecule has 5 heteroatoms. The molecular weight excluding hydrogens is 183 g/mol. The van der Waals surface area contributed by atoms with Crippen LogP contribution < -0.4 is 0 Å². The Morgan fingerprint density at radius 2 is 1.92 bits per heavy atom. The van der Waals surface area contributed by atoms with Gasteiger partial charge in [-0.05, 0) is 6.42 Å². The van der Waals surface area contributed by atoms with Gasteiger partial charge in [0.15, 0.2) is 0 Å². The molecule has 13 heavy (non-hydrogen) atoms. The van der Waals surface area contributed by atoms with Gasteiger partial charge in [-0.25, -0.2) is 0 Å². The average molecular weight is 197 g/mol. The van der Waals surface area contributed by atoms with Crippen molar-refractivity contribution in [2.45, 2.75) is 31.5 Å². The lowest BCUT2D eigenvalue weighted by Gasteiger charge is -2.46. The van der Waals surface area contributed by atoms with Gasteiger partial charge in [-0.3, -0.25) is 4.90 Å². The molecule has 0 spiro atoms. The molecule has 0 aromatic rings. The van der Waals surface area contributed by atoms with Crippen LogP contribution in [0.1, 0.15) is 19.8 Å². The number of hydrogen-bond donors (Lipinski definition) is 1. The highest BCUT2D eigenvalue weighted by molar-refractivity contribution is 4.95. The van der Waals surface area contributed by atoms with E-state index in [0.717, 1.165) is 6.42 Å². The van der Waals surface area contributed by atoms with E-state index in [9.17, 15) is 18.3 Å². The summed E-state index contributed by atoms with van der Waals surface area (Å²) < 4.78 is 35.5. The van der Waals surface area contributed by atoms with E-state index in [1.54, 1.807) is 0 Å². The minimum Gasteiger partial charge on any atom is -0.387 e. The topological polar surface area (TPSA) is 23.5 Å². The summed E-state index contributed by atoms with van der Waals surface area (Å²) in [7, 11) is 0. The zero-order chi connectivity index (χ0) is 10.1. The molecule has 1 saturated heterocycles. The Bertz CT molecular complexity index is 175. The SMILES string of the molecule is CCCC1(O)CN(CC(F)(F)F)C1. The highest BCUT2D eigenvalue weighted by Gasteiger charge is 2.44. The van der Waals surface area contributed by atoms with Crippen LogP contribution in [-0.4, -0.2) is 41.4 Å². The van der Waals surface area contributed by atoms with E-state index in [0.29, 0.717) is 6.42 Å². The van der Waals surface area contributed by atoms with Gasteiger partial charge in [-0.15, -0.1) is 0 Å². The second-order valence-electron chi connectivity index (χ2n) is 3.73. The standard InChI is InChI=1S/C8H14F3NO/c1-2-3-7(13)4-12(5-7)6-8(9,10)11/h13H,2-6H2,1H3. The van der Waals surface area contributed by atoms with E-state index >= 15 is 0 Å². The van der Waals surface area contributed by atoms with Crippen molar-refractivity contribution in [3.8, 4) is 0 Å². The zero-order valence-corrected chi connectivity index (χ0v) is 7.56. The molecule has 1 fully saturated rings. The third-order valence-corrected chi connectivity index (χ3v) is 2.15. The number of aliphatic hydroxyl groups is 1. The molecule has 0 aromatic carbocycles. The van der Waals surface area contributed by atoms with Crippen molar-refractivity contribution >= 4 is 0 Å². The average Bonchev–Trinajstić information content (AvgIpc) is 1.80. The quantitative estimate of drug-likeness (QED) is 0.739. The van der Waals surface area contributed by atoms with E-state index in [1.807, 2.05) is 6.92 Å². The van der Waals surface area contributed by atoms with E-state index < -0.39 is 18.3 Å². The molecule has 1 heterocycles. The summed E-state index contributed by atoms with van der Waals surface area (Å²) in [6.07, 6.45) is -2.76. The first-order valence-corrected chi connectivity index (χ1v) is 4.36. The number of alkyl halides is 3. The fourth-order valence-electron chi connectivity index (χ4n) is 1.77. The Kier molecular flexibility index (Phi) is 2.87. The van der Waals surface area contributed by atoms with Gasteiger partial charge in [0, 0.05) is 13.1 Å². The van der Waals surface area contributed by atoms with Gasteiger partial charge in [0.2, 0.25) is 0 Å². The zero-order valence-electron chi connectivity index (χ0n) is 7.56. The maximum absolute atomic E-state index is 11.8. The smallest absolute Gasteiger partial charge is 0.387 e. The molecule has 0 bridgehead atoms. The van der Waals surface area contributed by atoms with Crippen LogP contribution >= 0.6 is 0 Å². The first kappa shape index (κ1) is 10.8. The Balaban J connectivity index is 2.25. The summed E-state index contributed by atoms with van der Waals surface area (Å²) in [6, 6.07) is 0. The van der Waals surface area contributed by atoms with Crippen molar-refractivity contribution in [2.75, 3.05) is 19.6 Å². The third kappa shape index (κ3) is 3.15. The van der Waals surface area contributed by atoms with Crippen LogP contribution in [0.5, 0.6) is 0 Å². The van der Waals surface area contributed by atoms with Crippen LogP contribution in [0.2, 0.25) is 0 Å². The van der Waals surface area contributed by atoms with Gasteiger partial charge in [-0.2, -0.15) is 13.2 Å². The highest BCUT2D eigenvalue weighted by atomic mass is 19.4. The lowest BCUT2D eigenvalue weighted by atomic mass is 9.89. The van der Waals surface area contributed by atoms with E-state index in [1.165, 1.54) is 4.90 Å². The number of nitrogens with zero attached hydrogens (tertiary/aromatic N) is 1. The number of rotatable bonds is 3. The number of β-amino-alcohol motifs (C(OH)–C–C–N with tert-alkyl or cyclic N) is 1. The molecule has 78 valence electrons. The molecule has 0 aromatic heterocycles. The maximum Gasteiger partial charge on any atom is 0.401 e. The minimum absolute atomic E-state index is 0.153. The highest BCUT2D eigenvalue weighted by Crippen LogP contribution is 2.28. The lowest BCUT2D eigenvalue weighted by molar-refractivity contribution is -0.186. The first-order chi connectivity index (χ1) is 5.85. The predicted octanol–water partition coefficient (Wildman–Crippen LogP) is 1.40. The summed E-state index contributed by atoms with van der Waals surface area (Å²) >= 11 is 0. The molecule has 0 unspecified atom stereocenters. The fourth-order valence-corrected chi connectivity index (χ4v) is 1.77. The third-order valence-electron chi connectivity index (χ3n) is 2.15. The van der Waals surface area contributed by atoms with Crippen LogP contribution in [0.3, 0.4) is 0 Å². The Morgan fingerprint density at radius 3 is 2.31 bits per heavy atom. The number of hydrogen-bond acceptors (Lipinski definition) is 2. The van der Waals surface area contributed by atoms with Crippen molar-refractivity contribution in [3.05, 3.63) is 0 Å². The van der Waals surface area contributed by atoms with Gasteiger partial charge in [-0.1, -0.05) is 13.3 Å². The minimum atomic E-state index is -4.15. The van der Waals surface area contributed by atoms with Crippen molar-refractivity contribution in [3.63, 3.8) is 0 Å². The molecular formula is C8H14F3NO. The molecule has 1 aliphatic rings. The Morgan fingerprint density at radius 1 is 1.38 bits per heavy atom. The van der Waals surface area contributed by atoms with E-state index in [2.05, 4.69) is 0 Å². The number of likely N-dealkylation sites (tertiary alicyclic amines) is 1. The Labute approximate surface area is 75.3 Å². The van der Waals surface area contributed by atoms with Crippen LogP contribution in [0.4, 0.5) is 13.2 Å². The summed E-state index contributed by atoms with van der Waals surface area (Å²) in [4.78, 5) is 1.22. The van der Waals surface area contributed by atoms with E-state index in [-0.39, 0.29) is 13.1 Å². The Hall–Kier alpha value is -0.290. The lowest BCUT2D eigenvalue weighted by Crippen LogP contribution is -2.63. The van der Waals surface area contributed by atoms with Gasteiger partial charge < -0.3 is 5.11 Å². The van der Waals surface area contributed by atoms with Gasteiger partial charge in [0.25, 0.3) is 0 Å². The van der Waals surface area contributed by atoms with Crippen molar-refractivity contribution in [1.29, 1.82) is 0 Å². The van der Waals surface area contributed by atoms with Gasteiger partial charge in [0.1, 0.15) is 0 Å². The van der Waals surface area contributed by atoms with Crippen LogP contribution in [0.15, 0.2) is 0 Å². The molecule has 0 amide bonds. The summed E-state index contributed by atoms with van der Waals surface area (Å²) in [5, 5.41) is 9.57. The summed E-state index contributed by atoms with van der Waals surface area (Å²) in [6.45, 7) is 1.31. The molecule has 2 nitrogen and oxygen atoms in total. The van der Waals surface area contributed by atoms with Crippen LogP contribution in [0, 0.1) is 0 Å². The number of halogens is 3. The second-order valence-corrected chi connectivity index (χ2v) is 3.73. The largest absolute Gasteiger partial charge is 0.401 e.